The van der Waals surface area contributed by atoms with Gasteiger partial charge in [0.15, 0.2) is 0 Å². The molecule has 0 unspecified atom stereocenters. The van der Waals surface area contributed by atoms with Crippen LogP contribution in [-0.4, -0.2) is 11.1 Å². The molecule has 0 saturated heterocycles. The molecule has 1 saturated carbocycles. The first-order valence-electron chi connectivity index (χ1n) is 6.12. The smallest absolute Gasteiger partial charge is 0.331 e. The van der Waals surface area contributed by atoms with Gasteiger partial charge in [-0.15, -0.1) is 0 Å². The molecule has 0 spiro atoms. The zero-order valence-electron chi connectivity index (χ0n) is 9.91. The Hall–Kier alpha value is -1.05. The SMILES string of the molecule is C=C(C(=O)O)[C@@H]1CC[C@@]2(C)CCC=C[C@@H]2C1. The normalized spacial score (nSPS) is 37.8. The van der Waals surface area contributed by atoms with Gasteiger partial charge in [0, 0.05) is 5.57 Å². The van der Waals surface area contributed by atoms with E-state index in [2.05, 4.69) is 25.7 Å². The molecule has 2 aliphatic rings. The third-order valence-corrected chi connectivity index (χ3v) is 4.52. The van der Waals surface area contributed by atoms with Crippen molar-refractivity contribution in [1.82, 2.24) is 0 Å². The number of carboxylic acids is 1. The van der Waals surface area contributed by atoms with Crippen molar-refractivity contribution in [2.24, 2.45) is 17.3 Å². The Morgan fingerprint density at radius 1 is 1.50 bits per heavy atom. The Morgan fingerprint density at radius 2 is 2.25 bits per heavy atom. The summed E-state index contributed by atoms with van der Waals surface area (Å²) in [5.74, 6) is -0.0946. The van der Waals surface area contributed by atoms with E-state index < -0.39 is 5.97 Å². The predicted octanol–water partition coefficient (Wildman–Crippen LogP) is 3.40. The molecule has 0 aromatic heterocycles. The van der Waals surface area contributed by atoms with Gasteiger partial charge in [-0.2, -0.15) is 0 Å². The first kappa shape index (κ1) is 11.4. The highest BCUT2D eigenvalue weighted by molar-refractivity contribution is 5.86. The van der Waals surface area contributed by atoms with Crippen molar-refractivity contribution >= 4 is 5.97 Å². The Morgan fingerprint density at radius 3 is 2.94 bits per heavy atom. The van der Waals surface area contributed by atoms with Crippen molar-refractivity contribution < 1.29 is 9.90 Å². The summed E-state index contributed by atoms with van der Waals surface area (Å²) in [4.78, 5) is 10.9. The molecule has 2 aliphatic carbocycles. The number of carbonyl (C=O) groups is 1. The lowest BCUT2D eigenvalue weighted by Gasteiger charge is -2.45. The van der Waals surface area contributed by atoms with Crippen molar-refractivity contribution in [2.75, 3.05) is 0 Å². The number of fused-ring (bicyclic) bond motifs is 1. The molecule has 2 rings (SSSR count). The summed E-state index contributed by atoms with van der Waals surface area (Å²) in [5.41, 5.74) is 0.811. The van der Waals surface area contributed by atoms with Crippen LogP contribution in [0, 0.1) is 17.3 Å². The second kappa shape index (κ2) is 4.08. The summed E-state index contributed by atoms with van der Waals surface area (Å²) >= 11 is 0. The van der Waals surface area contributed by atoms with Crippen LogP contribution in [0.5, 0.6) is 0 Å². The fourth-order valence-corrected chi connectivity index (χ4v) is 3.18. The minimum atomic E-state index is -0.826. The number of allylic oxidation sites excluding steroid dienone is 2. The molecule has 16 heavy (non-hydrogen) atoms. The maximum Gasteiger partial charge on any atom is 0.331 e. The summed E-state index contributed by atoms with van der Waals surface area (Å²) in [5, 5.41) is 8.98. The molecule has 3 atom stereocenters. The Bertz CT molecular complexity index is 343. The van der Waals surface area contributed by atoms with E-state index in [1.807, 2.05) is 0 Å². The second-order valence-corrected chi connectivity index (χ2v) is 5.53. The average molecular weight is 220 g/mol. The molecule has 1 fully saturated rings. The van der Waals surface area contributed by atoms with Crippen LogP contribution in [0.1, 0.15) is 39.0 Å². The van der Waals surface area contributed by atoms with E-state index in [-0.39, 0.29) is 5.92 Å². The van der Waals surface area contributed by atoms with Crippen LogP contribution in [0.3, 0.4) is 0 Å². The van der Waals surface area contributed by atoms with Crippen LogP contribution in [-0.2, 0) is 4.79 Å². The number of hydrogen-bond donors (Lipinski definition) is 1. The molecule has 1 N–H and O–H groups in total. The number of rotatable bonds is 2. The quantitative estimate of drug-likeness (QED) is 0.572. The Kier molecular flexibility index (Phi) is 2.92. The van der Waals surface area contributed by atoms with E-state index >= 15 is 0 Å². The minimum Gasteiger partial charge on any atom is -0.478 e. The Labute approximate surface area is 97.0 Å². The lowest BCUT2D eigenvalue weighted by Crippen LogP contribution is -2.36. The van der Waals surface area contributed by atoms with Crippen molar-refractivity contribution in [3.8, 4) is 0 Å². The van der Waals surface area contributed by atoms with Crippen molar-refractivity contribution in [3.05, 3.63) is 24.3 Å². The summed E-state index contributed by atoms with van der Waals surface area (Å²) in [7, 11) is 0. The van der Waals surface area contributed by atoms with Crippen LogP contribution in [0.2, 0.25) is 0 Å². The maximum absolute atomic E-state index is 10.9. The third kappa shape index (κ3) is 1.93. The van der Waals surface area contributed by atoms with Gasteiger partial charge in [-0.25, -0.2) is 4.79 Å². The van der Waals surface area contributed by atoms with Gasteiger partial charge in [0.25, 0.3) is 0 Å². The molecule has 2 heteroatoms. The highest BCUT2D eigenvalue weighted by Gasteiger charge is 2.40. The number of hydrogen-bond acceptors (Lipinski definition) is 1. The molecule has 0 aromatic rings. The van der Waals surface area contributed by atoms with Gasteiger partial charge in [0.1, 0.15) is 0 Å². The van der Waals surface area contributed by atoms with E-state index in [1.165, 1.54) is 12.8 Å². The van der Waals surface area contributed by atoms with E-state index in [1.54, 1.807) is 0 Å². The maximum atomic E-state index is 10.9. The van der Waals surface area contributed by atoms with Crippen LogP contribution in [0.4, 0.5) is 0 Å². The first-order chi connectivity index (χ1) is 7.53. The van der Waals surface area contributed by atoms with E-state index in [4.69, 9.17) is 5.11 Å². The fraction of sp³-hybridized carbons (Fsp3) is 0.643. The molecule has 88 valence electrons. The monoisotopic (exact) mass is 220 g/mol. The molecule has 0 heterocycles. The van der Waals surface area contributed by atoms with Gasteiger partial charge in [-0.05, 0) is 49.4 Å². The molecule has 0 aliphatic heterocycles. The topological polar surface area (TPSA) is 37.3 Å². The zero-order chi connectivity index (χ0) is 11.8. The highest BCUT2D eigenvalue weighted by Crippen LogP contribution is 2.50. The van der Waals surface area contributed by atoms with Gasteiger partial charge in [-0.1, -0.05) is 25.7 Å². The molecule has 0 amide bonds. The first-order valence-corrected chi connectivity index (χ1v) is 6.12. The summed E-state index contributed by atoms with van der Waals surface area (Å²) in [6.45, 7) is 6.06. The molecule has 0 aromatic carbocycles. The molecule has 0 radical (unpaired) electrons. The minimum absolute atomic E-state index is 0.179. The van der Waals surface area contributed by atoms with Gasteiger partial charge in [0.05, 0.1) is 0 Å². The molecule has 2 nitrogen and oxygen atoms in total. The van der Waals surface area contributed by atoms with Gasteiger partial charge < -0.3 is 5.11 Å². The van der Waals surface area contributed by atoms with Crippen LogP contribution in [0.15, 0.2) is 24.3 Å². The van der Waals surface area contributed by atoms with Crippen molar-refractivity contribution in [1.29, 1.82) is 0 Å². The van der Waals surface area contributed by atoms with Crippen LogP contribution in [0.25, 0.3) is 0 Å². The average Bonchev–Trinajstić information content (AvgIpc) is 2.26. The lowest BCUT2D eigenvalue weighted by molar-refractivity contribution is -0.133. The number of aliphatic carboxylic acids is 1. The van der Waals surface area contributed by atoms with E-state index in [0.717, 1.165) is 19.3 Å². The van der Waals surface area contributed by atoms with Crippen molar-refractivity contribution in [2.45, 2.75) is 39.0 Å². The molecule has 0 bridgehead atoms. The van der Waals surface area contributed by atoms with Gasteiger partial charge >= 0.3 is 5.97 Å². The molecular weight excluding hydrogens is 200 g/mol. The zero-order valence-corrected chi connectivity index (χ0v) is 9.91. The summed E-state index contributed by atoms with van der Waals surface area (Å²) in [6, 6.07) is 0. The van der Waals surface area contributed by atoms with E-state index in [9.17, 15) is 4.79 Å². The summed E-state index contributed by atoms with van der Waals surface area (Å²) in [6.07, 6.45) is 10.1. The van der Waals surface area contributed by atoms with Crippen LogP contribution >= 0.6 is 0 Å². The largest absolute Gasteiger partial charge is 0.478 e. The van der Waals surface area contributed by atoms with Crippen molar-refractivity contribution in [3.63, 3.8) is 0 Å². The second-order valence-electron chi connectivity index (χ2n) is 5.53. The molecular formula is C14H20O2. The van der Waals surface area contributed by atoms with Gasteiger partial charge in [0.2, 0.25) is 0 Å². The predicted molar refractivity (Wildman–Crippen MR) is 64.1 cm³/mol. The van der Waals surface area contributed by atoms with E-state index in [0.29, 0.717) is 16.9 Å². The highest BCUT2D eigenvalue weighted by atomic mass is 16.4. The standard InChI is InChI=1S/C14H20O2/c1-10(13(15)16)11-6-8-14(2)7-4-3-5-12(14)9-11/h3,5,11-12H,1,4,6-9H2,2H3,(H,15,16)/t11-,12-,14-/m1/s1. The number of carboxylic acid groups (broad SMARTS) is 1. The van der Waals surface area contributed by atoms with Gasteiger partial charge in [-0.3, -0.25) is 0 Å². The summed E-state index contributed by atoms with van der Waals surface area (Å²) < 4.78 is 0. The third-order valence-electron chi connectivity index (χ3n) is 4.52. The fourth-order valence-electron chi connectivity index (χ4n) is 3.18. The Balaban J connectivity index is 2.10. The lowest BCUT2D eigenvalue weighted by atomic mass is 9.59. The van der Waals surface area contributed by atoms with Crippen LogP contribution < -0.4 is 0 Å².